The third kappa shape index (κ3) is 1.22. The fourth-order valence-corrected chi connectivity index (χ4v) is 1.57. The molecule has 6 heteroatoms. The van der Waals surface area contributed by atoms with E-state index in [1.807, 2.05) is 0 Å². The minimum absolute atomic E-state index is 0.124. The van der Waals surface area contributed by atoms with Gasteiger partial charge in [0, 0.05) is 5.52 Å². The van der Waals surface area contributed by atoms with Gasteiger partial charge < -0.3 is 4.48 Å². The topological polar surface area (TPSA) is 65.1 Å². The second-order valence-corrected chi connectivity index (χ2v) is 3.00. The molecule has 0 unspecified atom stereocenters. The van der Waals surface area contributed by atoms with Crippen LogP contribution in [0.5, 0.6) is 0 Å². The molecule has 1 aromatic heterocycles. The van der Waals surface area contributed by atoms with E-state index in [1.54, 1.807) is 24.3 Å². The summed E-state index contributed by atoms with van der Waals surface area (Å²) in [6.45, 7) is 0. The Bertz CT molecular complexity index is 562. The van der Waals surface area contributed by atoms with Crippen LogP contribution in [-0.2, 0) is 0 Å². The molecule has 0 bridgehead atoms. The molecule has 5 nitrogen and oxygen atoms in total. The van der Waals surface area contributed by atoms with Crippen LogP contribution in [0.1, 0.15) is 10.5 Å². The molecule has 0 spiro atoms. The lowest BCUT2D eigenvalue weighted by Gasteiger charge is -1.94. The quantitative estimate of drug-likeness (QED) is 0.317. The van der Waals surface area contributed by atoms with Gasteiger partial charge in [0.25, 0.3) is 0 Å². The van der Waals surface area contributed by atoms with E-state index in [2.05, 4.69) is 0 Å². The van der Waals surface area contributed by atoms with E-state index in [1.165, 1.54) is 0 Å². The molecule has 0 saturated carbocycles. The molecule has 2 aromatic rings. The molecule has 1 heterocycles. The highest BCUT2D eigenvalue weighted by Gasteiger charge is 2.22. The molecule has 0 atom stereocenters. The monoisotopic (exact) mass is 200 g/mol. The van der Waals surface area contributed by atoms with Gasteiger partial charge in [-0.25, -0.2) is 0 Å². The minimum Gasteiger partial charge on any atom is -0.389 e. The Morgan fingerprint density at radius 2 is 2.07 bits per heavy atom. The van der Waals surface area contributed by atoms with Gasteiger partial charge in [-0.1, -0.05) is 12.1 Å². The van der Waals surface area contributed by atoms with E-state index in [0.29, 0.717) is 17.2 Å². The molecular weight excluding hydrogens is 195 g/mol. The van der Waals surface area contributed by atoms with Gasteiger partial charge >= 0.3 is 5.69 Å². The third-order valence-corrected chi connectivity index (χ3v) is 2.22. The van der Waals surface area contributed by atoms with Crippen molar-refractivity contribution >= 4 is 30.9 Å². The Balaban J connectivity index is 2.97. The second kappa shape index (κ2) is 3.23. The van der Waals surface area contributed by atoms with Crippen molar-refractivity contribution in [2.24, 2.45) is 0 Å². The number of nitrogens with zero attached hydrogens (tertiary/aromatic N) is 2. The van der Waals surface area contributed by atoms with Gasteiger partial charge in [0.2, 0.25) is 7.98 Å². The van der Waals surface area contributed by atoms with Gasteiger partial charge in [-0.05, 0) is 12.1 Å². The van der Waals surface area contributed by atoms with Crippen LogP contribution in [0.3, 0.4) is 0 Å². The number of hydrogen-bond acceptors (Lipinski definition) is 3. The summed E-state index contributed by atoms with van der Waals surface area (Å²) in [7, 11) is 5.57. The number of aldehydes is 1. The van der Waals surface area contributed by atoms with Crippen molar-refractivity contribution < 1.29 is 9.72 Å². The van der Waals surface area contributed by atoms with Gasteiger partial charge in [0.15, 0.2) is 6.29 Å². The largest absolute Gasteiger partial charge is 0.389 e. The second-order valence-electron chi connectivity index (χ2n) is 3.00. The molecule has 0 amide bonds. The van der Waals surface area contributed by atoms with Gasteiger partial charge in [-0.15, -0.1) is 0 Å². The first-order valence-corrected chi connectivity index (χ1v) is 4.15. The summed E-state index contributed by atoms with van der Waals surface area (Å²) in [4.78, 5) is 20.9. The van der Waals surface area contributed by atoms with E-state index in [-0.39, 0.29) is 11.4 Å². The molecule has 0 N–H and O–H groups in total. The smallest absolute Gasteiger partial charge is 0.304 e. The first kappa shape index (κ1) is 9.45. The molecule has 1 aromatic carbocycles. The molecule has 15 heavy (non-hydrogen) atoms. The predicted molar refractivity (Wildman–Crippen MR) is 55.1 cm³/mol. The van der Waals surface area contributed by atoms with Gasteiger partial charge in [0.05, 0.1) is 10.3 Å². The van der Waals surface area contributed by atoms with Crippen LogP contribution in [-0.4, -0.2) is 23.7 Å². The van der Waals surface area contributed by atoms with Crippen LogP contribution >= 0.6 is 0 Å². The van der Waals surface area contributed by atoms with Gasteiger partial charge in [0.1, 0.15) is 5.69 Å². The van der Waals surface area contributed by atoms with Gasteiger partial charge in [-0.2, -0.15) is 0 Å². The summed E-state index contributed by atoms with van der Waals surface area (Å²) in [5, 5.41) is 11.2. The Kier molecular flexibility index (Phi) is 2.04. The Morgan fingerprint density at radius 1 is 1.40 bits per heavy atom. The number of fused-ring (bicyclic) bond motifs is 1. The number of para-hydroxylation sites is 1. The zero-order chi connectivity index (χ0) is 11.0. The van der Waals surface area contributed by atoms with Crippen molar-refractivity contribution in [2.45, 2.75) is 0 Å². The molecule has 0 aliphatic rings. The first-order chi connectivity index (χ1) is 7.16. The Morgan fingerprint density at radius 3 is 2.67 bits per heavy atom. The van der Waals surface area contributed by atoms with E-state index in [0.717, 1.165) is 4.48 Å². The van der Waals surface area contributed by atoms with Crippen molar-refractivity contribution in [3.8, 4) is 0 Å². The highest BCUT2D eigenvalue weighted by Crippen LogP contribution is 2.30. The van der Waals surface area contributed by atoms with E-state index < -0.39 is 4.92 Å². The fourth-order valence-electron chi connectivity index (χ4n) is 1.57. The third-order valence-electron chi connectivity index (χ3n) is 2.22. The number of nitro groups is 1. The summed E-state index contributed by atoms with van der Waals surface area (Å²) >= 11 is 0. The van der Waals surface area contributed by atoms with Gasteiger partial charge in [-0.3, -0.25) is 14.9 Å². The minimum atomic E-state index is -0.602. The molecular formula is C9H5BN2O3. The van der Waals surface area contributed by atoms with Crippen molar-refractivity contribution in [3.05, 3.63) is 40.1 Å². The van der Waals surface area contributed by atoms with Crippen LogP contribution in [0.15, 0.2) is 24.3 Å². The maximum atomic E-state index is 10.8. The lowest BCUT2D eigenvalue weighted by molar-refractivity contribution is -0.383. The number of aromatic nitrogens is 1. The highest BCUT2D eigenvalue weighted by atomic mass is 16.6. The van der Waals surface area contributed by atoms with Crippen LogP contribution in [0.25, 0.3) is 10.9 Å². The molecule has 0 saturated heterocycles. The van der Waals surface area contributed by atoms with E-state index in [9.17, 15) is 14.9 Å². The molecule has 0 aliphatic carbocycles. The number of carbonyl (C=O) groups excluding carboxylic acids is 1. The number of carbonyl (C=O) groups is 1. The molecule has 2 rings (SSSR count). The summed E-state index contributed by atoms with van der Waals surface area (Å²) in [6.07, 6.45) is 0.387. The van der Waals surface area contributed by atoms with Crippen molar-refractivity contribution in [2.75, 3.05) is 0 Å². The zero-order valence-electron chi connectivity index (χ0n) is 7.58. The normalized spacial score (nSPS) is 10.4. The molecule has 72 valence electrons. The number of benzene rings is 1. The van der Waals surface area contributed by atoms with Crippen molar-refractivity contribution in [1.82, 2.24) is 4.48 Å². The average Bonchev–Trinajstić information content (AvgIpc) is 2.52. The van der Waals surface area contributed by atoms with Crippen LogP contribution < -0.4 is 0 Å². The SMILES string of the molecule is [B]n1c(C=O)c([N+](=O)[O-])c2ccccc21. The first-order valence-electron chi connectivity index (χ1n) is 4.15. The maximum absolute atomic E-state index is 10.8. The lowest BCUT2D eigenvalue weighted by atomic mass is 10.2. The molecule has 0 fully saturated rings. The summed E-state index contributed by atoms with van der Waals surface area (Å²) in [5.41, 5.74) is 0.0931. The Labute approximate surface area is 85.9 Å². The fraction of sp³-hybridized carbons (Fsp3) is 0. The maximum Gasteiger partial charge on any atom is 0.304 e. The highest BCUT2D eigenvalue weighted by molar-refractivity contribution is 6.17. The van der Waals surface area contributed by atoms with Crippen LogP contribution in [0, 0.1) is 10.1 Å². The predicted octanol–water partition coefficient (Wildman–Crippen LogP) is 1.29. The standard InChI is InChI=1S/C9H5BN2O3/c10-11-7-4-2-1-3-6(7)9(12(14)15)8(11)5-13/h1-5H. The summed E-state index contributed by atoms with van der Waals surface area (Å²) < 4.78 is 1.03. The molecule has 0 aliphatic heterocycles. The lowest BCUT2D eigenvalue weighted by Crippen LogP contribution is -1.99. The number of rotatable bonds is 2. The van der Waals surface area contributed by atoms with Crippen molar-refractivity contribution in [1.29, 1.82) is 0 Å². The Hall–Kier alpha value is -2.11. The molecule has 2 radical (unpaired) electrons. The zero-order valence-corrected chi connectivity index (χ0v) is 7.58. The van der Waals surface area contributed by atoms with Crippen LogP contribution in [0.2, 0.25) is 0 Å². The number of hydrogen-bond donors (Lipinski definition) is 0. The van der Waals surface area contributed by atoms with E-state index >= 15 is 0 Å². The summed E-state index contributed by atoms with van der Waals surface area (Å²) in [5.74, 6) is 0. The average molecular weight is 200 g/mol. The van der Waals surface area contributed by atoms with Crippen LogP contribution in [0.4, 0.5) is 5.69 Å². The van der Waals surface area contributed by atoms with Crippen molar-refractivity contribution in [3.63, 3.8) is 0 Å². The summed E-state index contributed by atoms with van der Waals surface area (Å²) in [6, 6.07) is 6.53. The van der Waals surface area contributed by atoms with E-state index in [4.69, 9.17) is 7.98 Å².